The molecule has 0 saturated carbocycles. The molecule has 94 valence electrons. The lowest BCUT2D eigenvalue weighted by Gasteiger charge is -2.11. The van der Waals surface area contributed by atoms with E-state index >= 15 is 0 Å². The Balaban J connectivity index is 3.29. The van der Waals surface area contributed by atoms with Crippen LogP contribution >= 0.6 is 11.6 Å². The smallest absolute Gasteiger partial charge is 0.244 e. The maximum Gasteiger partial charge on any atom is 0.244 e. The van der Waals surface area contributed by atoms with Crippen molar-refractivity contribution >= 4 is 21.6 Å². The van der Waals surface area contributed by atoms with Crippen molar-refractivity contribution in [2.75, 3.05) is 13.7 Å². The van der Waals surface area contributed by atoms with E-state index in [1.807, 2.05) is 0 Å². The van der Waals surface area contributed by atoms with Crippen molar-refractivity contribution in [3.8, 4) is 5.75 Å². The molecule has 0 spiro atoms. The molecule has 1 aromatic rings. The van der Waals surface area contributed by atoms with Crippen LogP contribution in [0.25, 0.3) is 0 Å². The maximum absolute atomic E-state index is 11.9. The average Bonchev–Trinajstić information content (AvgIpc) is 2.29. The third-order valence-electron chi connectivity index (χ3n) is 2.15. The Morgan fingerprint density at radius 2 is 2.18 bits per heavy atom. The summed E-state index contributed by atoms with van der Waals surface area (Å²) in [6.07, 6.45) is 1.46. The lowest BCUT2D eigenvalue weighted by atomic mass is 10.2. The molecule has 1 N–H and O–H groups in total. The molecule has 17 heavy (non-hydrogen) atoms. The Labute approximate surface area is 106 Å². The lowest BCUT2D eigenvalue weighted by molar-refractivity contribution is 0.402. The third-order valence-corrected chi connectivity index (χ3v) is 4.00. The van der Waals surface area contributed by atoms with Gasteiger partial charge in [0.2, 0.25) is 10.0 Å². The number of ether oxygens (including phenoxy) is 1. The van der Waals surface area contributed by atoms with E-state index in [1.54, 1.807) is 13.0 Å². The predicted molar refractivity (Wildman–Crippen MR) is 68.1 cm³/mol. The van der Waals surface area contributed by atoms with Gasteiger partial charge in [0.15, 0.2) is 0 Å². The van der Waals surface area contributed by atoms with Crippen molar-refractivity contribution in [2.24, 2.45) is 0 Å². The van der Waals surface area contributed by atoms with Crippen molar-refractivity contribution in [3.63, 3.8) is 0 Å². The molecule has 4 nitrogen and oxygen atoms in total. The van der Waals surface area contributed by atoms with E-state index in [1.165, 1.54) is 19.3 Å². The van der Waals surface area contributed by atoms with Crippen LogP contribution in [0.4, 0.5) is 0 Å². The highest BCUT2D eigenvalue weighted by Crippen LogP contribution is 2.29. The molecule has 0 aliphatic rings. The normalized spacial score (nSPS) is 11.2. The van der Waals surface area contributed by atoms with Gasteiger partial charge in [0.05, 0.1) is 7.11 Å². The second-order valence-electron chi connectivity index (χ2n) is 3.39. The summed E-state index contributed by atoms with van der Waals surface area (Å²) in [5.41, 5.74) is 0.756. The summed E-state index contributed by atoms with van der Waals surface area (Å²) in [5.74, 6) is 0.267. The molecule has 0 amide bonds. The molecule has 0 aromatic heterocycles. The van der Waals surface area contributed by atoms with Gasteiger partial charge < -0.3 is 4.74 Å². The van der Waals surface area contributed by atoms with Crippen molar-refractivity contribution in [1.29, 1.82) is 0 Å². The predicted octanol–water partition coefficient (Wildman–Crippen LogP) is 2.12. The van der Waals surface area contributed by atoms with Gasteiger partial charge in [0.25, 0.3) is 0 Å². The number of nitrogens with one attached hydrogen (secondary N) is 1. The van der Waals surface area contributed by atoms with Crippen LogP contribution in [0, 0.1) is 6.92 Å². The SMILES string of the molecule is C=CCNS(=O)(=O)c1cc(Cl)c(C)cc1OC. The highest BCUT2D eigenvalue weighted by molar-refractivity contribution is 7.89. The zero-order chi connectivity index (χ0) is 13.1. The minimum atomic E-state index is -3.64. The van der Waals surface area contributed by atoms with Crippen molar-refractivity contribution in [3.05, 3.63) is 35.4 Å². The zero-order valence-corrected chi connectivity index (χ0v) is 11.2. The van der Waals surface area contributed by atoms with Gasteiger partial charge in [-0.1, -0.05) is 17.7 Å². The van der Waals surface area contributed by atoms with Crippen LogP contribution in [0.15, 0.2) is 29.7 Å². The number of hydrogen-bond acceptors (Lipinski definition) is 3. The molecule has 1 aromatic carbocycles. The van der Waals surface area contributed by atoms with Crippen molar-refractivity contribution in [1.82, 2.24) is 4.72 Å². The Kier molecular flexibility index (Phi) is 4.56. The van der Waals surface area contributed by atoms with E-state index < -0.39 is 10.0 Å². The summed E-state index contributed by atoms with van der Waals surface area (Å²) in [6, 6.07) is 2.96. The molecule has 0 aliphatic heterocycles. The van der Waals surface area contributed by atoms with E-state index in [-0.39, 0.29) is 17.2 Å². The van der Waals surface area contributed by atoms with Crippen LogP contribution in [0.3, 0.4) is 0 Å². The van der Waals surface area contributed by atoms with Gasteiger partial charge in [-0.2, -0.15) is 0 Å². The first-order valence-electron chi connectivity index (χ1n) is 4.87. The first-order valence-corrected chi connectivity index (χ1v) is 6.73. The molecule has 0 fully saturated rings. The minimum absolute atomic E-state index is 0.0254. The van der Waals surface area contributed by atoms with Crippen LogP contribution in [-0.4, -0.2) is 22.1 Å². The Morgan fingerprint density at radius 1 is 1.53 bits per heavy atom. The van der Waals surface area contributed by atoms with Gasteiger partial charge in [0.1, 0.15) is 10.6 Å². The Morgan fingerprint density at radius 3 is 2.71 bits per heavy atom. The van der Waals surface area contributed by atoms with Gasteiger partial charge in [-0.25, -0.2) is 13.1 Å². The summed E-state index contributed by atoms with van der Waals surface area (Å²) < 4.78 is 31.3. The molecule has 0 heterocycles. The number of benzene rings is 1. The highest BCUT2D eigenvalue weighted by Gasteiger charge is 2.20. The van der Waals surface area contributed by atoms with E-state index in [0.29, 0.717) is 5.02 Å². The quantitative estimate of drug-likeness (QED) is 0.838. The molecule has 0 unspecified atom stereocenters. The summed E-state index contributed by atoms with van der Waals surface area (Å²) in [4.78, 5) is 0.0254. The summed E-state index contributed by atoms with van der Waals surface area (Å²) in [7, 11) is -2.22. The number of halogens is 1. The molecule has 0 aliphatic carbocycles. The largest absolute Gasteiger partial charge is 0.495 e. The zero-order valence-electron chi connectivity index (χ0n) is 9.66. The highest BCUT2D eigenvalue weighted by atomic mass is 35.5. The van der Waals surface area contributed by atoms with E-state index in [2.05, 4.69) is 11.3 Å². The van der Waals surface area contributed by atoms with Crippen LogP contribution in [0.1, 0.15) is 5.56 Å². The number of rotatable bonds is 5. The van der Waals surface area contributed by atoms with E-state index in [9.17, 15) is 8.42 Å². The average molecular weight is 276 g/mol. The van der Waals surface area contributed by atoms with Crippen molar-refractivity contribution in [2.45, 2.75) is 11.8 Å². The molecule has 0 atom stereocenters. The first-order chi connectivity index (χ1) is 7.92. The first kappa shape index (κ1) is 14.0. The molecule has 0 radical (unpaired) electrons. The van der Waals surface area contributed by atoms with Gasteiger partial charge in [0, 0.05) is 11.6 Å². The summed E-state index contributed by atoms with van der Waals surface area (Å²) >= 11 is 5.91. The topological polar surface area (TPSA) is 55.4 Å². The monoisotopic (exact) mass is 275 g/mol. The fraction of sp³-hybridized carbons (Fsp3) is 0.273. The molecule has 0 bridgehead atoms. The van der Waals surface area contributed by atoms with Gasteiger partial charge in [-0.05, 0) is 24.6 Å². The van der Waals surface area contributed by atoms with Crippen LogP contribution < -0.4 is 9.46 Å². The van der Waals surface area contributed by atoms with E-state index in [0.717, 1.165) is 5.56 Å². The third kappa shape index (κ3) is 3.21. The number of hydrogen-bond donors (Lipinski definition) is 1. The molecule has 6 heteroatoms. The molecule has 0 saturated heterocycles. The lowest BCUT2D eigenvalue weighted by Crippen LogP contribution is -2.24. The fourth-order valence-electron chi connectivity index (χ4n) is 1.25. The molecular weight excluding hydrogens is 262 g/mol. The minimum Gasteiger partial charge on any atom is -0.495 e. The van der Waals surface area contributed by atoms with Crippen LogP contribution in [0.5, 0.6) is 5.75 Å². The molecular formula is C11H14ClNO3S. The van der Waals surface area contributed by atoms with Crippen LogP contribution in [-0.2, 0) is 10.0 Å². The van der Waals surface area contributed by atoms with Gasteiger partial charge in [-0.3, -0.25) is 0 Å². The van der Waals surface area contributed by atoms with Crippen molar-refractivity contribution < 1.29 is 13.2 Å². The van der Waals surface area contributed by atoms with Gasteiger partial charge in [-0.15, -0.1) is 6.58 Å². The second kappa shape index (κ2) is 5.53. The molecule has 1 rings (SSSR count). The fourth-order valence-corrected chi connectivity index (χ4v) is 2.65. The standard InChI is InChI=1S/C11H14ClNO3S/c1-4-5-13-17(14,15)11-7-9(12)8(2)6-10(11)16-3/h4,6-7,13H,1,5H2,2-3H3. The van der Waals surface area contributed by atoms with Crippen LogP contribution in [0.2, 0.25) is 5.02 Å². The van der Waals surface area contributed by atoms with E-state index in [4.69, 9.17) is 16.3 Å². The number of methoxy groups -OCH3 is 1. The Hall–Kier alpha value is -1.04. The summed E-state index contributed by atoms with van der Waals surface area (Å²) in [6.45, 7) is 5.37. The number of sulfonamides is 1. The maximum atomic E-state index is 11.9. The Bertz CT molecular complexity index is 526. The van der Waals surface area contributed by atoms with Gasteiger partial charge >= 0.3 is 0 Å². The number of aryl methyl sites for hydroxylation is 1. The second-order valence-corrected chi connectivity index (χ2v) is 5.54. The summed E-state index contributed by atoms with van der Waals surface area (Å²) in [5, 5.41) is 0.379.